The number of carboxylic acid groups (broad SMARTS) is 1. The van der Waals surface area contributed by atoms with Gasteiger partial charge in [0.1, 0.15) is 0 Å². The average molecular weight is 401 g/mol. The van der Waals surface area contributed by atoms with Gasteiger partial charge in [0.25, 0.3) is 0 Å². The van der Waals surface area contributed by atoms with Crippen molar-refractivity contribution in [1.29, 1.82) is 0 Å². The van der Waals surface area contributed by atoms with Crippen LogP contribution in [0.1, 0.15) is 21.5 Å². The Morgan fingerprint density at radius 2 is 1.15 bits per heavy atom. The predicted octanol–water partition coefficient (Wildman–Crippen LogP) is 5.92. The molecule has 4 nitrogen and oxygen atoms in total. The molecule has 27 heavy (non-hydrogen) atoms. The third kappa shape index (κ3) is 5.64. The molecule has 0 aliphatic carbocycles. The monoisotopic (exact) mass is 400 g/mol. The number of hydrogen-bond acceptors (Lipinski definition) is 3. The minimum Gasteiger partial charge on any atom is -0.478 e. The topological polar surface area (TPSA) is 61.4 Å². The normalized spacial score (nSPS) is 10.4. The van der Waals surface area contributed by atoms with Gasteiger partial charge in [-0.15, -0.1) is 0 Å². The number of nitrogens with one attached hydrogen (secondary N) is 2. The minimum absolute atomic E-state index is 0.217. The van der Waals surface area contributed by atoms with E-state index in [1.165, 1.54) is 0 Å². The molecular weight excluding hydrogens is 383 g/mol. The lowest BCUT2D eigenvalue weighted by molar-refractivity contribution is 0.0697. The van der Waals surface area contributed by atoms with Gasteiger partial charge in [-0.3, -0.25) is 0 Å². The van der Waals surface area contributed by atoms with E-state index in [0.29, 0.717) is 23.1 Å². The van der Waals surface area contributed by atoms with Crippen LogP contribution in [0.5, 0.6) is 0 Å². The summed E-state index contributed by atoms with van der Waals surface area (Å²) < 4.78 is 0. The molecule has 0 radical (unpaired) electrons. The number of halogens is 2. The first-order chi connectivity index (χ1) is 13.0. The highest BCUT2D eigenvalue weighted by molar-refractivity contribution is 6.30. The largest absolute Gasteiger partial charge is 0.478 e. The minimum atomic E-state index is -0.973. The summed E-state index contributed by atoms with van der Waals surface area (Å²) in [6, 6.07) is 20.1. The van der Waals surface area contributed by atoms with Gasteiger partial charge in [-0.1, -0.05) is 47.5 Å². The number of carbonyl (C=O) groups is 1. The molecule has 0 heterocycles. The Balaban J connectivity index is 1.72. The number of aromatic carboxylic acids is 1. The predicted molar refractivity (Wildman–Crippen MR) is 111 cm³/mol. The molecular formula is C21H18Cl2N2O2. The molecule has 0 saturated carbocycles. The summed E-state index contributed by atoms with van der Waals surface area (Å²) >= 11 is 11.8. The Bertz CT molecular complexity index is 858. The van der Waals surface area contributed by atoms with Crippen molar-refractivity contribution in [2.45, 2.75) is 13.1 Å². The first-order valence-electron chi connectivity index (χ1n) is 8.34. The van der Waals surface area contributed by atoms with Crippen LogP contribution in [0.15, 0.2) is 66.7 Å². The van der Waals surface area contributed by atoms with Crippen LogP contribution < -0.4 is 10.6 Å². The molecule has 0 unspecified atom stereocenters. The van der Waals surface area contributed by atoms with E-state index in [0.717, 1.165) is 22.5 Å². The number of benzene rings is 3. The molecule has 138 valence electrons. The van der Waals surface area contributed by atoms with Crippen molar-refractivity contribution in [2.75, 3.05) is 10.6 Å². The molecule has 3 N–H and O–H groups in total. The highest BCUT2D eigenvalue weighted by atomic mass is 35.5. The lowest BCUT2D eigenvalue weighted by atomic mass is 10.1. The molecule has 0 fully saturated rings. The van der Waals surface area contributed by atoms with E-state index in [9.17, 15) is 9.90 Å². The molecule has 0 amide bonds. The molecule has 3 aromatic rings. The summed E-state index contributed by atoms with van der Waals surface area (Å²) in [6.45, 7) is 1.13. The van der Waals surface area contributed by atoms with Crippen molar-refractivity contribution in [3.05, 3.63) is 93.5 Å². The molecule has 6 heteroatoms. The third-order valence-corrected chi connectivity index (χ3v) is 4.50. The van der Waals surface area contributed by atoms with Gasteiger partial charge in [-0.2, -0.15) is 0 Å². The Morgan fingerprint density at radius 1 is 0.741 bits per heavy atom. The second kappa shape index (κ2) is 8.80. The Labute approximate surface area is 167 Å². The van der Waals surface area contributed by atoms with Crippen molar-refractivity contribution in [3.63, 3.8) is 0 Å². The number of hydrogen-bond donors (Lipinski definition) is 3. The van der Waals surface area contributed by atoms with Crippen molar-refractivity contribution in [2.24, 2.45) is 0 Å². The zero-order valence-electron chi connectivity index (χ0n) is 14.4. The maximum atomic E-state index is 11.4. The first kappa shape index (κ1) is 19.1. The van der Waals surface area contributed by atoms with E-state index in [1.54, 1.807) is 12.1 Å². The van der Waals surface area contributed by atoms with Gasteiger partial charge >= 0.3 is 5.97 Å². The summed E-state index contributed by atoms with van der Waals surface area (Å²) in [6.07, 6.45) is 0. The maximum Gasteiger partial charge on any atom is 0.335 e. The SMILES string of the molecule is O=C(O)c1cc(NCc2ccc(Cl)cc2)cc(NCc2ccc(Cl)cc2)c1. The summed E-state index contributed by atoms with van der Waals surface area (Å²) in [5, 5.41) is 17.3. The molecule has 3 rings (SSSR count). The molecule has 0 aromatic heterocycles. The van der Waals surface area contributed by atoms with E-state index in [1.807, 2.05) is 54.6 Å². The Kier molecular flexibility index (Phi) is 6.22. The van der Waals surface area contributed by atoms with Crippen LogP contribution in [0, 0.1) is 0 Å². The fourth-order valence-electron chi connectivity index (χ4n) is 2.57. The van der Waals surface area contributed by atoms with Crippen molar-refractivity contribution >= 4 is 40.5 Å². The standard InChI is InChI=1S/C21H18Cl2N2O2/c22-17-5-1-14(2-6-17)12-24-19-9-16(21(26)27)10-20(11-19)25-13-15-3-7-18(23)8-4-15/h1-11,24-25H,12-13H2,(H,26,27). The second-order valence-electron chi connectivity index (χ2n) is 6.06. The summed E-state index contributed by atoms with van der Waals surface area (Å²) in [4.78, 5) is 11.4. The highest BCUT2D eigenvalue weighted by Gasteiger charge is 2.07. The van der Waals surface area contributed by atoms with Crippen molar-refractivity contribution in [3.8, 4) is 0 Å². The van der Waals surface area contributed by atoms with Crippen LogP contribution in [0.2, 0.25) is 10.0 Å². The first-order valence-corrected chi connectivity index (χ1v) is 9.10. The van der Waals surface area contributed by atoms with Crippen molar-refractivity contribution < 1.29 is 9.90 Å². The van der Waals surface area contributed by atoms with Gasteiger partial charge in [0.05, 0.1) is 5.56 Å². The van der Waals surface area contributed by atoms with Crippen LogP contribution in [0.4, 0.5) is 11.4 Å². The third-order valence-electron chi connectivity index (χ3n) is 4.00. The lowest BCUT2D eigenvalue weighted by Gasteiger charge is -2.12. The molecule has 0 aliphatic heterocycles. The quantitative estimate of drug-likeness (QED) is 0.460. The van der Waals surface area contributed by atoms with Gasteiger partial charge in [0.2, 0.25) is 0 Å². The van der Waals surface area contributed by atoms with E-state index in [2.05, 4.69) is 10.6 Å². The van der Waals surface area contributed by atoms with Gasteiger partial charge in [0.15, 0.2) is 0 Å². The van der Waals surface area contributed by atoms with Gasteiger partial charge in [-0.05, 0) is 53.6 Å². The Morgan fingerprint density at radius 3 is 1.52 bits per heavy atom. The van der Waals surface area contributed by atoms with E-state index in [4.69, 9.17) is 23.2 Å². The Hall–Kier alpha value is -2.69. The number of carboxylic acids is 1. The molecule has 0 bridgehead atoms. The average Bonchev–Trinajstić information content (AvgIpc) is 2.67. The summed E-state index contributed by atoms with van der Waals surface area (Å²) in [5.41, 5.74) is 3.77. The second-order valence-corrected chi connectivity index (χ2v) is 6.94. The molecule has 0 aliphatic rings. The van der Waals surface area contributed by atoms with Gasteiger partial charge < -0.3 is 15.7 Å². The van der Waals surface area contributed by atoms with Crippen LogP contribution in [0.25, 0.3) is 0 Å². The van der Waals surface area contributed by atoms with Crippen LogP contribution >= 0.6 is 23.2 Å². The molecule has 3 aromatic carbocycles. The van der Waals surface area contributed by atoms with Gasteiger partial charge in [0, 0.05) is 34.5 Å². The summed E-state index contributed by atoms with van der Waals surface area (Å²) in [7, 11) is 0. The van der Waals surface area contributed by atoms with Crippen LogP contribution in [-0.4, -0.2) is 11.1 Å². The highest BCUT2D eigenvalue weighted by Crippen LogP contribution is 2.21. The van der Waals surface area contributed by atoms with Crippen LogP contribution in [0.3, 0.4) is 0 Å². The van der Waals surface area contributed by atoms with E-state index in [-0.39, 0.29) is 5.56 Å². The zero-order valence-corrected chi connectivity index (χ0v) is 15.9. The summed E-state index contributed by atoms with van der Waals surface area (Å²) in [5.74, 6) is -0.973. The van der Waals surface area contributed by atoms with E-state index >= 15 is 0 Å². The zero-order chi connectivity index (χ0) is 19.2. The molecule has 0 spiro atoms. The molecule has 0 saturated heterocycles. The van der Waals surface area contributed by atoms with E-state index < -0.39 is 5.97 Å². The fourth-order valence-corrected chi connectivity index (χ4v) is 2.82. The van der Waals surface area contributed by atoms with Crippen molar-refractivity contribution in [1.82, 2.24) is 0 Å². The number of anilines is 2. The number of rotatable bonds is 7. The molecule has 0 atom stereocenters. The fraction of sp³-hybridized carbons (Fsp3) is 0.0952. The maximum absolute atomic E-state index is 11.4. The van der Waals surface area contributed by atoms with Crippen LogP contribution in [-0.2, 0) is 13.1 Å². The van der Waals surface area contributed by atoms with Gasteiger partial charge in [-0.25, -0.2) is 4.79 Å². The lowest BCUT2D eigenvalue weighted by Crippen LogP contribution is -2.05. The smallest absolute Gasteiger partial charge is 0.335 e.